The van der Waals surface area contributed by atoms with Crippen LogP contribution in [0.15, 0.2) is 27.9 Å². The molecule has 184 valence electrons. The molecule has 1 aromatic carbocycles. The van der Waals surface area contributed by atoms with Gasteiger partial charge in [-0.05, 0) is 45.0 Å². The average Bonchev–Trinajstić information content (AvgIpc) is 3.15. The molecule has 10 nitrogen and oxygen atoms in total. The molecule has 1 aliphatic heterocycles. The predicted octanol–water partition coefficient (Wildman–Crippen LogP) is 2.23. The van der Waals surface area contributed by atoms with Gasteiger partial charge in [0.15, 0.2) is 11.2 Å². The first-order chi connectivity index (χ1) is 16.3. The second kappa shape index (κ2) is 9.85. The lowest BCUT2D eigenvalue weighted by molar-refractivity contribution is 0.196. The molecule has 0 bridgehead atoms. The highest BCUT2D eigenvalue weighted by atomic mass is 32.2. The fourth-order valence-electron chi connectivity index (χ4n) is 4.35. The number of rotatable bonds is 8. The van der Waals surface area contributed by atoms with E-state index in [1.807, 2.05) is 25.3 Å². The predicted molar refractivity (Wildman–Crippen MR) is 131 cm³/mol. The van der Waals surface area contributed by atoms with E-state index < -0.39 is 10.0 Å². The number of fused-ring (bicyclic) bond motifs is 1. The summed E-state index contributed by atoms with van der Waals surface area (Å²) >= 11 is 0. The molecule has 0 amide bonds. The molecule has 1 saturated heterocycles. The Hall–Kier alpha value is -2.76. The van der Waals surface area contributed by atoms with E-state index in [9.17, 15) is 13.2 Å². The highest BCUT2D eigenvalue weighted by Gasteiger charge is 2.29. The monoisotopic (exact) mass is 488 g/mol. The van der Waals surface area contributed by atoms with Crippen LogP contribution in [0.1, 0.15) is 33.0 Å². The number of nitrogens with one attached hydrogen (secondary N) is 1. The Bertz CT molecular complexity index is 1340. The molecule has 0 saturated carbocycles. The van der Waals surface area contributed by atoms with E-state index in [0.29, 0.717) is 67.6 Å². The SMILES string of the molecule is CCCn1c(C)nc2nc(-c3cc(S(=O)(=O)N4CCN(CC)CC4)ccc3OCC)[nH]c(=O)c21. The second-order valence-corrected chi connectivity index (χ2v) is 10.3. The Kier molecular flexibility index (Phi) is 7.06. The minimum absolute atomic E-state index is 0.145. The Labute approximate surface area is 199 Å². The fourth-order valence-corrected chi connectivity index (χ4v) is 5.80. The number of ether oxygens (including phenoxy) is 1. The van der Waals surface area contributed by atoms with Crippen molar-refractivity contribution in [1.82, 2.24) is 28.7 Å². The largest absolute Gasteiger partial charge is 0.493 e. The highest BCUT2D eigenvalue weighted by Crippen LogP contribution is 2.32. The molecule has 0 aliphatic carbocycles. The summed E-state index contributed by atoms with van der Waals surface area (Å²) in [6.45, 7) is 12.0. The molecule has 0 atom stereocenters. The lowest BCUT2D eigenvalue weighted by Gasteiger charge is -2.33. The third kappa shape index (κ3) is 4.47. The lowest BCUT2D eigenvalue weighted by Crippen LogP contribution is -2.48. The van der Waals surface area contributed by atoms with Crippen molar-refractivity contribution < 1.29 is 13.2 Å². The summed E-state index contributed by atoms with van der Waals surface area (Å²) in [5.74, 6) is 1.39. The van der Waals surface area contributed by atoms with E-state index in [1.54, 1.807) is 12.1 Å². The van der Waals surface area contributed by atoms with Gasteiger partial charge in [0, 0.05) is 32.7 Å². The Balaban J connectivity index is 1.79. The number of hydrogen-bond acceptors (Lipinski definition) is 7. The van der Waals surface area contributed by atoms with Crippen LogP contribution in [0.4, 0.5) is 0 Å². The molecule has 3 aromatic rings. The number of imidazole rings is 1. The maximum Gasteiger partial charge on any atom is 0.277 e. The number of nitrogens with zero attached hydrogens (tertiary/aromatic N) is 5. The van der Waals surface area contributed by atoms with E-state index in [1.165, 1.54) is 10.4 Å². The molecular formula is C23H32N6O4S. The van der Waals surface area contributed by atoms with Crippen LogP contribution in [0.5, 0.6) is 5.75 Å². The van der Waals surface area contributed by atoms with E-state index in [0.717, 1.165) is 13.0 Å². The van der Waals surface area contributed by atoms with Crippen molar-refractivity contribution in [3.8, 4) is 17.1 Å². The van der Waals surface area contributed by atoms with Crippen LogP contribution in [0.3, 0.4) is 0 Å². The number of aromatic nitrogens is 4. The molecule has 1 fully saturated rings. The summed E-state index contributed by atoms with van der Waals surface area (Å²) < 4.78 is 35.9. The molecule has 0 spiro atoms. The van der Waals surface area contributed by atoms with Crippen molar-refractivity contribution in [3.63, 3.8) is 0 Å². The quantitative estimate of drug-likeness (QED) is 0.517. The first-order valence-corrected chi connectivity index (χ1v) is 13.2. The zero-order valence-electron chi connectivity index (χ0n) is 20.2. The number of piperazine rings is 1. The van der Waals surface area contributed by atoms with Gasteiger partial charge in [0.2, 0.25) is 10.0 Å². The van der Waals surface area contributed by atoms with Crippen LogP contribution < -0.4 is 10.3 Å². The van der Waals surface area contributed by atoms with Crippen LogP contribution in [-0.4, -0.2) is 76.5 Å². The molecular weight excluding hydrogens is 456 g/mol. The van der Waals surface area contributed by atoms with Crippen LogP contribution in [0.2, 0.25) is 0 Å². The molecule has 1 aliphatic rings. The zero-order chi connectivity index (χ0) is 24.5. The first-order valence-electron chi connectivity index (χ1n) is 11.8. The summed E-state index contributed by atoms with van der Waals surface area (Å²) in [5, 5.41) is 0. The van der Waals surface area contributed by atoms with Gasteiger partial charge in [-0.1, -0.05) is 13.8 Å². The molecule has 11 heteroatoms. The van der Waals surface area contributed by atoms with Crippen LogP contribution in [0.25, 0.3) is 22.6 Å². The van der Waals surface area contributed by atoms with Gasteiger partial charge in [-0.25, -0.2) is 18.4 Å². The van der Waals surface area contributed by atoms with Crippen LogP contribution >= 0.6 is 0 Å². The van der Waals surface area contributed by atoms with Crippen molar-refractivity contribution in [1.29, 1.82) is 0 Å². The third-order valence-corrected chi connectivity index (χ3v) is 8.07. The number of benzene rings is 1. The van der Waals surface area contributed by atoms with Gasteiger partial charge >= 0.3 is 0 Å². The topological polar surface area (TPSA) is 113 Å². The molecule has 1 N–H and O–H groups in total. The average molecular weight is 489 g/mol. The smallest absolute Gasteiger partial charge is 0.277 e. The van der Waals surface area contributed by atoms with Gasteiger partial charge in [0.25, 0.3) is 5.56 Å². The van der Waals surface area contributed by atoms with E-state index >= 15 is 0 Å². The molecule has 0 radical (unpaired) electrons. The van der Waals surface area contributed by atoms with Crippen molar-refractivity contribution in [2.45, 2.75) is 45.6 Å². The Morgan fingerprint density at radius 1 is 1.09 bits per heavy atom. The maximum absolute atomic E-state index is 13.4. The van der Waals surface area contributed by atoms with E-state index in [2.05, 4.69) is 26.8 Å². The van der Waals surface area contributed by atoms with Crippen molar-refractivity contribution in [3.05, 3.63) is 34.4 Å². The zero-order valence-corrected chi connectivity index (χ0v) is 21.0. The number of aromatic amines is 1. The maximum atomic E-state index is 13.4. The third-order valence-electron chi connectivity index (χ3n) is 6.17. The molecule has 34 heavy (non-hydrogen) atoms. The number of likely N-dealkylation sites (N-methyl/N-ethyl adjacent to an activating group) is 1. The highest BCUT2D eigenvalue weighted by molar-refractivity contribution is 7.89. The number of sulfonamides is 1. The first kappa shape index (κ1) is 24.4. The van der Waals surface area contributed by atoms with Gasteiger partial charge < -0.3 is 19.2 Å². The van der Waals surface area contributed by atoms with Gasteiger partial charge in [0.1, 0.15) is 17.4 Å². The minimum atomic E-state index is -3.71. The molecule has 4 rings (SSSR count). The van der Waals surface area contributed by atoms with Gasteiger partial charge in [-0.15, -0.1) is 0 Å². The van der Waals surface area contributed by atoms with Gasteiger partial charge in [-0.2, -0.15) is 4.31 Å². The van der Waals surface area contributed by atoms with Gasteiger partial charge in [-0.3, -0.25) is 4.79 Å². The summed E-state index contributed by atoms with van der Waals surface area (Å²) in [7, 11) is -3.71. The summed E-state index contributed by atoms with van der Waals surface area (Å²) in [6.07, 6.45) is 0.856. The Morgan fingerprint density at radius 3 is 2.47 bits per heavy atom. The van der Waals surface area contributed by atoms with Crippen LogP contribution in [-0.2, 0) is 16.6 Å². The summed E-state index contributed by atoms with van der Waals surface area (Å²) in [6, 6.07) is 4.71. The van der Waals surface area contributed by atoms with E-state index in [-0.39, 0.29) is 16.3 Å². The van der Waals surface area contributed by atoms with Crippen LogP contribution in [0, 0.1) is 6.92 Å². The standard InChI is InChI=1S/C23H32N6O4S/c1-5-10-29-16(4)24-22-20(29)23(30)26-21(25-22)18-15-17(8-9-19(18)33-7-3)34(31,32)28-13-11-27(6-2)12-14-28/h8-9,15H,5-7,10-14H2,1-4H3,(H,25,26,30). The molecule has 2 aromatic heterocycles. The van der Waals surface area contributed by atoms with Crippen molar-refractivity contribution in [2.24, 2.45) is 0 Å². The normalized spacial score (nSPS) is 15.8. The summed E-state index contributed by atoms with van der Waals surface area (Å²) in [4.78, 5) is 27.3. The van der Waals surface area contributed by atoms with Crippen molar-refractivity contribution in [2.75, 3.05) is 39.3 Å². The lowest BCUT2D eigenvalue weighted by atomic mass is 10.2. The fraction of sp³-hybridized carbons (Fsp3) is 0.522. The number of aryl methyl sites for hydroxylation is 2. The second-order valence-electron chi connectivity index (χ2n) is 8.33. The number of hydrogen-bond donors (Lipinski definition) is 1. The molecule has 0 unspecified atom stereocenters. The van der Waals surface area contributed by atoms with Crippen molar-refractivity contribution >= 4 is 21.2 Å². The number of H-pyrrole nitrogens is 1. The molecule has 3 heterocycles. The Morgan fingerprint density at radius 2 is 1.82 bits per heavy atom. The van der Waals surface area contributed by atoms with E-state index in [4.69, 9.17) is 4.74 Å². The summed E-state index contributed by atoms with van der Waals surface area (Å²) in [5.41, 5.74) is 0.840. The minimum Gasteiger partial charge on any atom is -0.493 e. The van der Waals surface area contributed by atoms with Gasteiger partial charge in [0.05, 0.1) is 17.1 Å².